The van der Waals surface area contributed by atoms with Crippen molar-refractivity contribution in [2.45, 2.75) is 20.0 Å². The second-order valence-electron chi connectivity index (χ2n) is 5.85. The smallest absolute Gasteiger partial charge is 0.346 e. The van der Waals surface area contributed by atoms with Crippen molar-refractivity contribution in [2.75, 3.05) is 20.8 Å². The lowest BCUT2D eigenvalue weighted by atomic mass is 10.1. The summed E-state index contributed by atoms with van der Waals surface area (Å²) in [5.41, 5.74) is -0.553. The number of benzene rings is 2. The van der Waals surface area contributed by atoms with Gasteiger partial charge in [-0.3, -0.25) is 14.9 Å². The van der Waals surface area contributed by atoms with Crippen molar-refractivity contribution in [1.29, 1.82) is 0 Å². The van der Waals surface area contributed by atoms with Crippen molar-refractivity contribution in [3.05, 3.63) is 57.6 Å². The first-order chi connectivity index (χ1) is 13.8. The average Bonchev–Trinajstić information content (AvgIpc) is 2.72. The summed E-state index contributed by atoms with van der Waals surface area (Å²) >= 11 is 0. The molecular formula is C20H21NO8. The van der Waals surface area contributed by atoms with E-state index < -0.39 is 28.5 Å². The van der Waals surface area contributed by atoms with Crippen molar-refractivity contribution >= 4 is 17.4 Å². The predicted molar refractivity (Wildman–Crippen MR) is 103 cm³/mol. The molecule has 0 saturated heterocycles. The number of carbonyl (C=O) groups is 2. The predicted octanol–water partition coefficient (Wildman–Crippen LogP) is 3.44. The summed E-state index contributed by atoms with van der Waals surface area (Å²) in [4.78, 5) is 35.7. The van der Waals surface area contributed by atoms with Crippen LogP contribution in [0.5, 0.6) is 17.2 Å². The van der Waals surface area contributed by atoms with E-state index in [1.54, 1.807) is 24.3 Å². The Morgan fingerprint density at radius 2 is 1.66 bits per heavy atom. The normalized spacial score (nSPS) is 11.3. The number of carbonyl (C=O) groups excluding carboxylic acids is 2. The topological polar surface area (TPSA) is 114 Å². The van der Waals surface area contributed by atoms with Crippen molar-refractivity contribution in [3.63, 3.8) is 0 Å². The van der Waals surface area contributed by atoms with Crippen LogP contribution < -0.4 is 14.2 Å². The first kappa shape index (κ1) is 21.7. The molecule has 2 aromatic carbocycles. The van der Waals surface area contributed by atoms with Crippen LogP contribution in [0.15, 0.2) is 36.4 Å². The Hall–Kier alpha value is -3.62. The molecule has 0 heterocycles. The highest BCUT2D eigenvalue weighted by Gasteiger charge is 2.28. The molecule has 0 amide bonds. The third-order valence-electron chi connectivity index (χ3n) is 4.02. The molecular weight excluding hydrogens is 382 g/mol. The van der Waals surface area contributed by atoms with Gasteiger partial charge in [0.2, 0.25) is 5.78 Å². The second-order valence-corrected chi connectivity index (χ2v) is 5.85. The first-order valence-corrected chi connectivity index (χ1v) is 8.70. The molecule has 0 aliphatic rings. The van der Waals surface area contributed by atoms with Crippen LogP contribution in [0.1, 0.15) is 34.6 Å². The Morgan fingerprint density at radius 3 is 2.17 bits per heavy atom. The molecule has 154 valence electrons. The molecule has 0 N–H and O–H groups in total. The first-order valence-electron chi connectivity index (χ1n) is 8.70. The average molecular weight is 403 g/mol. The van der Waals surface area contributed by atoms with Gasteiger partial charge in [-0.05, 0) is 38.1 Å². The molecule has 9 heteroatoms. The van der Waals surface area contributed by atoms with Crippen LogP contribution in [-0.4, -0.2) is 43.6 Å². The number of ether oxygens (including phenoxy) is 4. The maximum absolute atomic E-state index is 12.5. The van der Waals surface area contributed by atoms with Crippen LogP contribution in [-0.2, 0) is 4.74 Å². The van der Waals surface area contributed by atoms with Crippen molar-refractivity contribution in [2.24, 2.45) is 0 Å². The summed E-state index contributed by atoms with van der Waals surface area (Å²) in [6.45, 7) is 3.72. The third-order valence-corrected chi connectivity index (χ3v) is 4.02. The number of esters is 1. The molecule has 1 atom stereocenters. The highest BCUT2D eigenvalue weighted by molar-refractivity contribution is 6.02. The Labute approximate surface area is 167 Å². The van der Waals surface area contributed by atoms with E-state index in [1.165, 1.54) is 21.1 Å². The van der Waals surface area contributed by atoms with Gasteiger partial charge in [-0.2, -0.15) is 0 Å². The van der Waals surface area contributed by atoms with Crippen molar-refractivity contribution in [1.82, 2.24) is 0 Å². The number of rotatable bonds is 9. The SMILES string of the molecule is CCOc1ccc(C(=O)[C@H](C)OC(=O)c2cc(OC)c(OC)cc2[N+](=O)[O-])cc1. The second kappa shape index (κ2) is 9.54. The van der Waals surface area contributed by atoms with Crippen molar-refractivity contribution < 1.29 is 33.5 Å². The van der Waals surface area contributed by atoms with Crippen LogP contribution in [0.4, 0.5) is 5.69 Å². The molecule has 0 aliphatic carbocycles. The molecule has 0 spiro atoms. The minimum absolute atomic E-state index is 0.0919. The molecule has 0 fully saturated rings. The molecule has 0 saturated carbocycles. The standard InChI is InChI=1S/C20H21NO8/c1-5-28-14-8-6-13(7-9-14)19(22)12(2)29-20(23)15-10-17(26-3)18(27-4)11-16(15)21(24)25/h6-12H,5H2,1-4H3/t12-/m0/s1. The third kappa shape index (κ3) is 5.01. The molecule has 9 nitrogen and oxygen atoms in total. The monoisotopic (exact) mass is 403 g/mol. The van der Waals surface area contributed by atoms with Crippen LogP contribution in [0, 0.1) is 10.1 Å². The zero-order valence-electron chi connectivity index (χ0n) is 16.5. The molecule has 29 heavy (non-hydrogen) atoms. The van der Waals surface area contributed by atoms with Gasteiger partial charge in [-0.1, -0.05) is 0 Å². The summed E-state index contributed by atoms with van der Waals surface area (Å²) < 4.78 is 20.6. The summed E-state index contributed by atoms with van der Waals surface area (Å²) in [6.07, 6.45) is -1.16. The number of Topliss-reactive ketones (excluding diaryl/α,β-unsaturated/α-hetero) is 1. The van der Waals surface area contributed by atoms with Gasteiger partial charge in [-0.25, -0.2) is 4.79 Å². The minimum Gasteiger partial charge on any atom is -0.494 e. The summed E-state index contributed by atoms with van der Waals surface area (Å²) in [7, 11) is 2.65. The van der Waals surface area contributed by atoms with Gasteiger partial charge in [0.25, 0.3) is 5.69 Å². The van der Waals surface area contributed by atoms with Crippen LogP contribution in [0.25, 0.3) is 0 Å². The van der Waals surface area contributed by atoms with Gasteiger partial charge in [0, 0.05) is 11.6 Å². The van der Waals surface area contributed by atoms with Gasteiger partial charge in [0.1, 0.15) is 11.3 Å². The van der Waals surface area contributed by atoms with E-state index in [0.717, 1.165) is 12.1 Å². The maximum atomic E-state index is 12.5. The van der Waals surface area contributed by atoms with E-state index in [1.807, 2.05) is 6.92 Å². The molecule has 2 rings (SSSR count). The molecule has 2 aromatic rings. The Morgan fingerprint density at radius 1 is 1.07 bits per heavy atom. The van der Waals surface area contributed by atoms with E-state index in [0.29, 0.717) is 17.9 Å². The summed E-state index contributed by atoms with van der Waals surface area (Å²) in [5, 5.41) is 11.3. The van der Waals surface area contributed by atoms with Gasteiger partial charge >= 0.3 is 5.97 Å². The Kier molecular flexibility index (Phi) is 7.13. The van der Waals surface area contributed by atoms with Gasteiger partial charge < -0.3 is 18.9 Å². The van der Waals surface area contributed by atoms with Crippen molar-refractivity contribution in [3.8, 4) is 17.2 Å². The van der Waals surface area contributed by atoms with E-state index in [9.17, 15) is 19.7 Å². The van der Waals surface area contributed by atoms with E-state index in [2.05, 4.69) is 0 Å². The van der Waals surface area contributed by atoms with Gasteiger partial charge in [0.05, 0.1) is 31.8 Å². The minimum atomic E-state index is -1.16. The van der Waals surface area contributed by atoms with Crippen LogP contribution in [0.3, 0.4) is 0 Å². The van der Waals surface area contributed by atoms with Crippen LogP contribution in [0.2, 0.25) is 0 Å². The van der Waals surface area contributed by atoms with Crippen LogP contribution >= 0.6 is 0 Å². The lowest BCUT2D eigenvalue weighted by molar-refractivity contribution is -0.385. The lowest BCUT2D eigenvalue weighted by Crippen LogP contribution is -2.25. The summed E-state index contributed by atoms with van der Waals surface area (Å²) in [6, 6.07) is 8.57. The quantitative estimate of drug-likeness (QED) is 0.271. The largest absolute Gasteiger partial charge is 0.494 e. The van der Waals surface area contributed by atoms with E-state index in [4.69, 9.17) is 18.9 Å². The van der Waals surface area contributed by atoms with E-state index >= 15 is 0 Å². The molecule has 0 radical (unpaired) electrons. The number of methoxy groups -OCH3 is 2. The fraction of sp³-hybridized carbons (Fsp3) is 0.300. The van der Waals surface area contributed by atoms with Gasteiger partial charge in [0.15, 0.2) is 17.6 Å². The van der Waals surface area contributed by atoms with E-state index in [-0.39, 0.29) is 17.1 Å². The molecule has 0 aliphatic heterocycles. The Balaban J connectivity index is 2.24. The maximum Gasteiger partial charge on any atom is 0.346 e. The Bertz CT molecular complexity index is 907. The number of hydrogen-bond donors (Lipinski definition) is 0. The summed E-state index contributed by atoms with van der Waals surface area (Å²) in [5.74, 6) is -0.659. The highest BCUT2D eigenvalue weighted by atomic mass is 16.6. The zero-order valence-corrected chi connectivity index (χ0v) is 16.5. The number of nitro groups is 1. The van der Waals surface area contributed by atoms with Gasteiger partial charge in [-0.15, -0.1) is 0 Å². The highest BCUT2D eigenvalue weighted by Crippen LogP contribution is 2.35. The fourth-order valence-electron chi connectivity index (χ4n) is 2.58. The number of nitro benzene ring substituents is 1. The fourth-order valence-corrected chi connectivity index (χ4v) is 2.58. The molecule has 0 bridgehead atoms. The molecule has 0 aromatic heterocycles. The number of ketones is 1. The zero-order chi connectivity index (χ0) is 21.6. The number of hydrogen-bond acceptors (Lipinski definition) is 8. The number of nitrogens with zero attached hydrogens (tertiary/aromatic N) is 1. The lowest BCUT2D eigenvalue weighted by Gasteiger charge is -2.14. The molecule has 0 unspecified atom stereocenters.